The fourth-order valence-electron chi connectivity index (χ4n) is 4.68. The Balaban J connectivity index is 1.75. The van der Waals surface area contributed by atoms with Crippen LogP contribution in [0.15, 0.2) is 72.8 Å². The molecule has 4 aromatic carbocycles. The number of amides is 2. The van der Waals surface area contributed by atoms with E-state index in [2.05, 4.69) is 10.6 Å². The van der Waals surface area contributed by atoms with Gasteiger partial charge in [-0.2, -0.15) is 13.2 Å². The van der Waals surface area contributed by atoms with Crippen LogP contribution in [0.4, 0.5) is 18.9 Å². The maximum Gasteiger partial charge on any atom is 0.417 e. The molecule has 0 aliphatic carbocycles. The molecule has 8 nitrogen and oxygen atoms in total. The van der Waals surface area contributed by atoms with Crippen LogP contribution >= 0.6 is 0 Å². The monoisotopic (exact) mass is 590 g/mol. The number of benzene rings is 4. The van der Waals surface area contributed by atoms with E-state index in [9.17, 15) is 37.5 Å². The van der Waals surface area contributed by atoms with Crippen molar-refractivity contribution in [2.45, 2.75) is 20.0 Å². The Hall–Kier alpha value is -5.45. The summed E-state index contributed by atoms with van der Waals surface area (Å²) in [5.74, 6) is -2.98. The van der Waals surface area contributed by atoms with Gasteiger partial charge in [0.25, 0.3) is 18.3 Å². The van der Waals surface area contributed by atoms with Gasteiger partial charge in [0, 0.05) is 12.7 Å². The molecule has 0 aliphatic rings. The number of alkyl halides is 3. The van der Waals surface area contributed by atoms with Crippen molar-refractivity contribution in [3.63, 3.8) is 0 Å². The zero-order valence-corrected chi connectivity index (χ0v) is 23.1. The number of anilines is 1. The second kappa shape index (κ2) is 12.2. The summed E-state index contributed by atoms with van der Waals surface area (Å²) in [6.07, 6.45) is -4.75. The smallest absolute Gasteiger partial charge is 0.417 e. The Morgan fingerprint density at radius 1 is 0.791 bits per heavy atom. The average molecular weight is 591 g/mol. The Kier molecular flexibility index (Phi) is 8.65. The highest BCUT2D eigenvalue weighted by atomic mass is 19.4. The van der Waals surface area contributed by atoms with Crippen LogP contribution in [0, 0.1) is 13.8 Å². The maximum absolute atomic E-state index is 14.1. The average Bonchev–Trinajstić information content (AvgIpc) is 2.96. The lowest BCUT2D eigenvalue weighted by atomic mass is 9.94. The van der Waals surface area contributed by atoms with Crippen LogP contribution in [0.25, 0.3) is 22.3 Å². The lowest BCUT2D eigenvalue weighted by Crippen LogP contribution is -2.19. The predicted molar refractivity (Wildman–Crippen MR) is 153 cm³/mol. The molecule has 3 N–H and O–H groups in total. The van der Waals surface area contributed by atoms with Crippen molar-refractivity contribution in [2.24, 2.45) is 0 Å². The summed E-state index contributed by atoms with van der Waals surface area (Å²) in [7, 11) is 1.38. The third-order valence-electron chi connectivity index (χ3n) is 6.71. The summed E-state index contributed by atoms with van der Waals surface area (Å²) in [5.41, 5.74) is 0.684. The molecule has 0 atom stereocenters. The van der Waals surface area contributed by atoms with Gasteiger partial charge in [0.05, 0.1) is 22.3 Å². The quantitative estimate of drug-likeness (QED) is 0.202. The Labute approximate surface area is 244 Å². The highest BCUT2D eigenvalue weighted by molar-refractivity contribution is 6.11. The minimum atomic E-state index is -4.75. The first-order valence-electron chi connectivity index (χ1n) is 12.8. The zero-order chi connectivity index (χ0) is 31.5. The molecule has 0 saturated heterocycles. The third-order valence-corrected chi connectivity index (χ3v) is 6.71. The van der Waals surface area contributed by atoms with E-state index in [1.807, 2.05) is 6.92 Å². The van der Waals surface area contributed by atoms with E-state index in [1.165, 1.54) is 55.6 Å². The van der Waals surface area contributed by atoms with Crippen molar-refractivity contribution in [1.82, 2.24) is 5.32 Å². The highest BCUT2D eigenvalue weighted by Crippen LogP contribution is 2.40. The van der Waals surface area contributed by atoms with Crippen molar-refractivity contribution < 1.29 is 42.2 Å². The third kappa shape index (κ3) is 6.56. The minimum Gasteiger partial charge on any atom is -0.478 e. The molecule has 11 heteroatoms. The fourth-order valence-corrected chi connectivity index (χ4v) is 4.68. The normalized spacial score (nSPS) is 11.0. The molecule has 2 amide bonds. The fraction of sp³-hybridized carbons (Fsp3) is 0.125. The number of hydrogen-bond donors (Lipinski definition) is 3. The van der Waals surface area contributed by atoms with Gasteiger partial charge in [0.1, 0.15) is 5.75 Å². The summed E-state index contributed by atoms with van der Waals surface area (Å²) < 4.78 is 47.3. The van der Waals surface area contributed by atoms with Crippen LogP contribution < -0.4 is 15.4 Å². The van der Waals surface area contributed by atoms with E-state index in [0.717, 1.165) is 11.6 Å². The van der Waals surface area contributed by atoms with Crippen molar-refractivity contribution in [3.8, 4) is 28.0 Å². The molecule has 43 heavy (non-hydrogen) atoms. The number of rotatable bonds is 8. The second-order valence-corrected chi connectivity index (χ2v) is 9.60. The molecule has 0 unspecified atom stereocenters. The largest absolute Gasteiger partial charge is 0.478 e. The number of carboxylic acids is 1. The minimum absolute atomic E-state index is 0.00370. The number of halogens is 3. The summed E-state index contributed by atoms with van der Waals surface area (Å²) in [5, 5.41) is 14.5. The Bertz CT molecular complexity index is 1760. The van der Waals surface area contributed by atoms with E-state index in [0.29, 0.717) is 22.3 Å². The predicted octanol–water partition coefficient (Wildman–Crippen LogP) is 6.50. The number of aryl methyl sites for hydroxylation is 2. The molecule has 0 aromatic heterocycles. The van der Waals surface area contributed by atoms with Crippen molar-refractivity contribution in [2.75, 3.05) is 12.4 Å². The second-order valence-electron chi connectivity index (χ2n) is 9.60. The van der Waals surface area contributed by atoms with Crippen LogP contribution in [-0.4, -0.2) is 36.4 Å². The molecule has 220 valence electrons. The van der Waals surface area contributed by atoms with Crippen LogP contribution in [0.3, 0.4) is 0 Å². The Morgan fingerprint density at radius 3 is 2.05 bits per heavy atom. The molecule has 0 spiro atoms. The van der Waals surface area contributed by atoms with Crippen molar-refractivity contribution in [1.29, 1.82) is 0 Å². The lowest BCUT2D eigenvalue weighted by Gasteiger charge is -2.17. The summed E-state index contributed by atoms with van der Waals surface area (Å²) >= 11 is 0. The number of aromatic carboxylic acids is 1. The van der Waals surface area contributed by atoms with E-state index in [-0.39, 0.29) is 34.6 Å². The van der Waals surface area contributed by atoms with Gasteiger partial charge >= 0.3 is 12.1 Å². The number of hydrogen-bond acceptors (Lipinski definition) is 5. The first-order chi connectivity index (χ1) is 20.3. The van der Waals surface area contributed by atoms with Gasteiger partial charge in [-0.05, 0) is 78.1 Å². The SMILES string of the molecule is CNC(=O)c1cc(-c2ccc(C(=O)O)c(C(=O)Nc3ccc(-c4ccc(C)cc4C)c(C(F)(F)F)c3)c2)ccc1OC=O. The van der Waals surface area contributed by atoms with E-state index < -0.39 is 35.1 Å². The molecule has 0 heterocycles. The topological polar surface area (TPSA) is 122 Å². The standard InChI is InChI=1S/C32H25F3N2O6/c1-17-4-8-22(18(2)12-17)23-10-7-21(15-27(23)32(33,34)35)37-30(40)25-13-19(5-9-24(25)31(41)42)20-6-11-28(43-16-38)26(14-20)29(39)36-3/h4-16H,1-3H3,(H,36,39)(H,37,40)(H,41,42). The maximum atomic E-state index is 14.1. The number of carbonyl (C=O) groups is 4. The van der Waals surface area contributed by atoms with Crippen LogP contribution in [0.5, 0.6) is 5.75 Å². The molecule has 0 bridgehead atoms. The van der Waals surface area contributed by atoms with E-state index >= 15 is 0 Å². The number of nitrogens with one attached hydrogen (secondary N) is 2. The molecule has 0 aliphatic heterocycles. The van der Waals surface area contributed by atoms with E-state index in [1.54, 1.807) is 25.1 Å². The first kappa shape index (κ1) is 30.5. The number of ether oxygens (including phenoxy) is 1. The summed E-state index contributed by atoms with van der Waals surface area (Å²) in [6, 6.07) is 16.5. The summed E-state index contributed by atoms with van der Waals surface area (Å²) in [6.45, 7) is 3.70. The molecular weight excluding hydrogens is 565 g/mol. The zero-order valence-electron chi connectivity index (χ0n) is 23.1. The Morgan fingerprint density at radius 2 is 1.44 bits per heavy atom. The van der Waals surface area contributed by atoms with Crippen LogP contribution in [-0.2, 0) is 11.0 Å². The molecule has 0 fully saturated rings. The molecule has 4 aromatic rings. The van der Waals surface area contributed by atoms with Crippen LogP contribution in [0.2, 0.25) is 0 Å². The van der Waals surface area contributed by atoms with Gasteiger partial charge < -0.3 is 20.5 Å². The van der Waals surface area contributed by atoms with Gasteiger partial charge in [-0.3, -0.25) is 14.4 Å². The molecule has 0 radical (unpaired) electrons. The lowest BCUT2D eigenvalue weighted by molar-refractivity contribution is -0.137. The van der Waals surface area contributed by atoms with Gasteiger partial charge in [0.2, 0.25) is 0 Å². The van der Waals surface area contributed by atoms with Gasteiger partial charge in [-0.15, -0.1) is 0 Å². The van der Waals surface area contributed by atoms with E-state index in [4.69, 9.17) is 4.74 Å². The van der Waals surface area contributed by atoms with Gasteiger partial charge in [0.15, 0.2) is 0 Å². The molecule has 4 rings (SSSR count). The number of carbonyl (C=O) groups excluding carboxylic acids is 3. The number of carboxylic acid groups (broad SMARTS) is 1. The first-order valence-corrected chi connectivity index (χ1v) is 12.8. The van der Waals surface area contributed by atoms with Gasteiger partial charge in [-0.1, -0.05) is 42.0 Å². The van der Waals surface area contributed by atoms with Crippen molar-refractivity contribution >= 4 is 29.9 Å². The molecule has 0 saturated carbocycles. The summed E-state index contributed by atoms with van der Waals surface area (Å²) in [4.78, 5) is 48.4. The van der Waals surface area contributed by atoms with Gasteiger partial charge in [-0.25, -0.2) is 4.79 Å². The van der Waals surface area contributed by atoms with Crippen LogP contribution in [0.1, 0.15) is 47.8 Å². The van der Waals surface area contributed by atoms with Crippen molar-refractivity contribution in [3.05, 3.63) is 106 Å². The highest BCUT2D eigenvalue weighted by Gasteiger charge is 2.34. The molecular formula is C32H25F3N2O6.